The maximum atomic E-state index is 13.1. The van der Waals surface area contributed by atoms with E-state index in [-0.39, 0.29) is 11.7 Å². The second-order valence-electron chi connectivity index (χ2n) is 7.25. The maximum Gasteiger partial charge on any atom is 0.263 e. The highest BCUT2D eigenvalue weighted by molar-refractivity contribution is 7.92. The van der Waals surface area contributed by atoms with Gasteiger partial charge in [0, 0.05) is 7.05 Å². The molecule has 9 heteroatoms. The number of ether oxygens (including phenoxy) is 3. The Hall–Kier alpha value is -3.20. The molecule has 1 aliphatic rings. The molecule has 0 aliphatic carbocycles. The molecule has 3 aromatic rings. The molecule has 0 bridgehead atoms. The predicted molar refractivity (Wildman–Crippen MR) is 113 cm³/mol. The van der Waals surface area contributed by atoms with E-state index < -0.39 is 10.0 Å². The zero-order valence-corrected chi connectivity index (χ0v) is 18.0. The van der Waals surface area contributed by atoms with Gasteiger partial charge in [0.15, 0.2) is 11.5 Å². The topological polar surface area (TPSA) is 91.7 Å². The fourth-order valence-corrected chi connectivity index (χ4v) is 4.39. The minimum absolute atomic E-state index is 0.148. The second-order valence-corrected chi connectivity index (χ2v) is 8.94. The van der Waals surface area contributed by atoms with E-state index in [1.165, 1.54) is 11.8 Å². The Balaban J connectivity index is 1.75. The van der Waals surface area contributed by atoms with Crippen LogP contribution in [0.5, 0.6) is 17.4 Å². The summed E-state index contributed by atoms with van der Waals surface area (Å²) in [5, 5.41) is 4.31. The molecule has 1 N–H and O–H groups in total. The van der Waals surface area contributed by atoms with Crippen LogP contribution in [0.3, 0.4) is 0 Å². The van der Waals surface area contributed by atoms with Crippen molar-refractivity contribution in [2.75, 3.05) is 18.6 Å². The number of methoxy groups -OCH3 is 1. The smallest absolute Gasteiger partial charge is 0.263 e. The van der Waals surface area contributed by atoms with Crippen molar-refractivity contribution in [3.8, 4) is 28.5 Å². The lowest BCUT2D eigenvalue weighted by Crippen LogP contribution is -2.16. The number of rotatable bonds is 6. The average Bonchev–Trinajstić information content (AvgIpc) is 3.31. The van der Waals surface area contributed by atoms with Crippen LogP contribution in [0.1, 0.15) is 25.3 Å². The number of sulfonamides is 1. The highest BCUT2D eigenvalue weighted by Gasteiger charge is 2.26. The standard InChI is InChI=1S/C21H23N3O5S/c1-13(2)14-5-8-16(9-6-14)30(25,26)23-20-19(21(27-4)22-24(20)3)15-7-10-17-18(11-15)29-12-28-17/h5-11,13,23H,12H2,1-4H3. The van der Waals surface area contributed by atoms with E-state index in [4.69, 9.17) is 14.2 Å². The van der Waals surface area contributed by atoms with E-state index >= 15 is 0 Å². The van der Waals surface area contributed by atoms with Gasteiger partial charge >= 0.3 is 0 Å². The van der Waals surface area contributed by atoms with Crippen LogP contribution in [-0.4, -0.2) is 32.1 Å². The van der Waals surface area contributed by atoms with Crippen molar-refractivity contribution < 1.29 is 22.6 Å². The van der Waals surface area contributed by atoms with Crippen LogP contribution >= 0.6 is 0 Å². The van der Waals surface area contributed by atoms with Gasteiger partial charge in [0.05, 0.1) is 17.6 Å². The van der Waals surface area contributed by atoms with E-state index in [1.54, 1.807) is 31.3 Å². The Morgan fingerprint density at radius 1 is 1.10 bits per heavy atom. The van der Waals surface area contributed by atoms with Gasteiger partial charge in [0.2, 0.25) is 12.7 Å². The number of nitrogens with one attached hydrogen (secondary N) is 1. The van der Waals surface area contributed by atoms with Crippen molar-refractivity contribution in [1.82, 2.24) is 9.78 Å². The molecular weight excluding hydrogens is 406 g/mol. The molecule has 0 saturated carbocycles. The summed E-state index contributed by atoms with van der Waals surface area (Å²) in [6.45, 7) is 4.26. The summed E-state index contributed by atoms with van der Waals surface area (Å²) in [7, 11) is -0.698. The molecule has 0 saturated heterocycles. The molecule has 0 unspecified atom stereocenters. The van der Waals surface area contributed by atoms with Gasteiger partial charge in [-0.15, -0.1) is 5.10 Å². The lowest BCUT2D eigenvalue weighted by molar-refractivity contribution is 0.174. The number of benzene rings is 2. The fraction of sp³-hybridized carbons (Fsp3) is 0.286. The van der Waals surface area contributed by atoms with Crippen LogP contribution in [0.15, 0.2) is 47.4 Å². The van der Waals surface area contributed by atoms with Gasteiger partial charge in [-0.3, -0.25) is 4.72 Å². The van der Waals surface area contributed by atoms with Gasteiger partial charge in [-0.2, -0.15) is 0 Å². The van der Waals surface area contributed by atoms with Crippen molar-refractivity contribution in [1.29, 1.82) is 0 Å². The molecule has 0 atom stereocenters. The Morgan fingerprint density at radius 3 is 2.47 bits per heavy atom. The Bertz CT molecular complexity index is 1180. The van der Waals surface area contributed by atoms with Crippen molar-refractivity contribution in [2.24, 2.45) is 7.05 Å². The Labute approximate surface area is 175 Å². The molecule has 1 aromatic heterocycles. The third-order valence-electron chi connectivity index (χ3n) is 4.96. The molecular formula is C21H23N3O5S. The molecule has 158 valence electrons. The van der Waals surface area contributed by atoms with Gasteiger partial charge in [0.25, 0.3) is 10.0 Å². The van der Waals surface area contributed by atoms with Gasteiger partial charge in [-0.1, -0.05) is 32.0 Å². The lowest BCUT2D eigenvalue weighted by atomic mass is 10.0. The number of hydrogen-bond acceptors (Lipinski definition) is 6. The van der Waals surface area contributed by atoms with Crippen molar-refractivity contribution in [3.05, 3.63) is 48.0 Å². The summed E-state index contributed by atoms with van der Waals surface area (Å²) in [5.74, 6) is 2.11. The second kappa shape index (κ2) is 7.56. The third-order valence-corrected chi connectivity index (χ3v) is 6.31. The third kappa shape index (κ3) is 3.56. The lowest BCUT2D eigenvalue weighted by Gasteiger charge is -2.12. The number of nitrogens with zero attached hydrogens (tertiary/aromatic N) is 2. The molecule has 1 aliphatic heterocycles. The summed E-state index contributed by atoms with van der Waals surface area (Å²) in [6, 6.07) is 12.2. The van der Waals surface area contributed by atoms with Gasteiger partial charge in [0.1, 0.15) is 5.82 Å². The SMILES string of the molecule is COc1nn(C)c(NS(=O)(=O)c2ccc(C(C)C)cc2)c1-c1ccc2c(c1)OCO2. The number of aromatic nitrogens is 2. The molecule has 2 heterocycles. The van der Waals surface area contributed by atoms with Crippen LogP contribution in [0.4, 0.5) is 5.82 Å². The van der Waals surface area contributed by atoms with Crippen LogP contribution < -0.4 is 18.9 Å². The minimum Gasteiger partial charge on any atom is -0.479 e. The number of aryl methyl sites for hydroxylation is 1. The van der Waals surface area contributed by atoms with Crippen LogP contribution in [0, 0.1) is 0 Å². The van der Waals surface area contributed by atoms with Crippen molar-refractivity contribution in [2.45, 2.75) is 24.7 Å². The Morgan fingerprint density at radius 2 is 1.80 bits per heavy atom. The average molecular weight is 429 g/mol. The highest BCUT2D eigenvalue weighted by atomic mass is 32.2. The first-order chi connectivity index (χ1) is 14.3. The quantitative estimate of drug-likeness (QED) is 0.642. The van der Waals surface area contributed by atoms with Gasteiger partial charge < -0.3 is 14.2 Å². The molecule has 30 heavy (non-hydrogen) atoms. The van der Waals surface area contributed by atoms with Crippen LogP contribution in [0.25, 0.3) is 11.1 Å². The fourth-order valence-electron chi connectivity index (χ4n) is 3.29. The molecule has 0 spiro atoms. The number of anilines is 1. The zero-order chi connectivity index (χ0) is 21.5. The predicted octanol–water partition coefficient (Wildman–Crippen LogP) is 3.75. The summed E-state index contributed by atoms with van der Waals surface area (Å²) in [5.41, 5.74) is 2.27. The highest BCUT2D eigenvalue weighted by Crippen LogP contribution is 2.42. The summed E-state index contributed by atoms with van der Waals surface area (Å²) < 4.78 is 46.5. The van der Waals surface area contributed by atoms with Crippen LogP contribution in [0.2, 0.25) is 0 Å². The van der Waals surface area contributed by atoms with E-state index in [0.29, 0.717) is 40.2 Å². The maximum absolute atomic E-state index is 13.1. The van der Waals surface area contributed by atoms with E-state index in [9.17, 15) is 8.42 Å². The molecule has 0 fully saturated rings. The monoisotopic (exact) mass is 429 g/mol. The van der Waals surface area contributed by atoms with E-state index in [0.717, 1.165) is 5.56 Å². The van der Waals surface area contributed by atoms with Crippen molar-refractivity contribution >= 4 is 15.8 Å². The molecule has 0 radical (unpaired) electrons. The Kier molecular flexibility index (Phi) is 5.07. The van der Waals surface area contributed by atoms with E-state index in [1.807, 2.05) is 18.2 Å². The number of hydrogen-bond donors (Lipinski definition) is 1. The summed E-state index contributed by atoms with van der Waals surface area (Å²) in [4.78, 5) is 0.170. The zero-order valence-electron chi connectivity index (χ0n) is 17.2. The minimum atomic E-state index is -3.84. The largest absolute Gasteiger partial charge is 0.479 e. The van der Waals surface area contributed by atoms with Crippen LogP contribution in [-0.2, 0) is 17.1 Å². The van der Waals surface area contributed by atoms with Gasteiger partial charge in [-0.05, 0) is 41.3 Å². The molecule has 4 rings (SSSR count). The first-order valence-electron chi connectivity index (χ1n) is 9.44. The normalized spacial score (nSPS) is 13.0. The molecule has 2 aromatic carbocycles. The number of fused-ring (bicyclic) bond motifs is 1. The first kappa shape index (κ1) is 20.1. The molecule has 0 amide bonds. The first-order valence-corrected chi connectivity index (χ1v) is 10.9. The van der Waals surface area contributed by atoms with Gasteiger partial charge in [-0.25, -0.2) is 13.1 Å². The summed E-state index contributed by atoms with van der Waals surface area (Å²) in [6.07, 6.45) is 0. The molecule has 8 nitrogen and oxygen atoms in total. The van der Waals surface area contributed by atoms with Crippen molar-refractivity contribution in [3.63, 3.8) is 0 Å². The van der Waals surface area contributed by atoms with E-state index in [2.05, 4.69) is 23.7 Å². The summed E-state index contributed by atoms with van der Waals surface area (Å²) >= 11 is 0.